The second-order valence-corrected chi connectivity index (χ2v) is 11.3. The summed E-state index contributed by atoms with van der Waals surface area (Å²) in [7, 11) is 0. The third kappa shape index (κ3) is 3.73. The van der Waals surface area contributed by atoms with E-state index >= 15 is 0 Å². The number of rotatable bonds is 4. The summed E-state index contributed by atoms with van der Waals surface area (Å²) in [4.78, 5) is 4.50. The van der Waals surface area contributed by atoms with Crippen molar-refractivity contribution >= 4 is 43.6 Å². The summed E-state index contributed by atoms with van der Waals surface area (Å²) in [5.74, 6) is 0. The fraction of sp³-hybridized carbons (Fsp3) is 0. The molecule has 0 fully saturated rings. The van der Waals surface area contributed by atoms with E-state index in [1.807, 2.05) is 12.4 Å². The van der Waals surface area contributed by atoms with Crippen molar-refractivity contribution in [1.29, 1.82) is 0 Å². The lowest BCUT2D eigenvalue weighted by molar-refractivity contribution is 1.17. The predicted molar refractivity (Wildman–Crippen MR) is 184 cm³/mol. The first-order chi connectivity index (χ1) is 21.8. The predicted octanol–water partition coefficient (Wildman–Crippen LogP) is 10.6. The number of hydrogen-bond acceptors (Lipinski definition) is 1. The Morgan fingerprint density at radius 1 is 0.386 bits per heavy atom. The van der Waals surface area contributed by atoms with Crippen LogP contribution in [-0.2, 0) is 0 Å². The van der Waals surface area contributed by atoms with Gasteiger partial charge in [-0.3, -0.25) is 4.98 Å². The molecule has 44 heavy (non-hydrogen) atoms. The number of aromatic nitrogens is 3. The molecule has 0 saturated carbocycles. The van der Waals surface area contributed by atoms with Crippen LogP contribution in [0.25, 0.3) is 77.2 Å². The summed E-state index contributed by atoms with van der Waals surface area (Å²) in [6, 6.07) is 54.5. The monoisotopic (exact) mass is 561 g/mol. The van der Waals surface area contributed by atoms with E-state index in [2.05, 4.69) is 166 Å². The first-order valence-corrected chi connectivity index (χ1v) is 15.0. The average Bonchev–Trinajstić information content (AvgIpc) is 3.62. The molecule has 0 unspecified atom stereocenters. The minimum absolute atomic E-state index is 1.11. The lowest BCUT2D eigenvalue weighted by Gasteiger charge is -2.12. The van der Waals surface area contributed by atoms with Crippen LogP contribution in [0.4, 0.5) is 0 Å². The molecule has 9 rings (SSSR count). The zero-order chi connectivity index (χ0) is 29.0. The summed E-state index contributed by atoms with van der Waals surface area (Å²) in [6.45, 7) is 0. The molecule has 0 radical (unpaired) electrons. The van der Waals surface area contributed by atoms with Crippen molar-refractivity contribution in [2.75, 3.05) is 0 Å². The number of hydrogen-bond donors (Lipinski definition) is 0. The Hall–Kier alpha value is -5.93. The van der Waals surface area contributed by atoms with Gasteiger partial charge in [-0.1, -0.05) is 103 Å². The number of para-hydroxylation sites is 3. The minimum atomic E-state index is 1.11. The molecule has 0 atom stereocenters. The smallest absolute Gasteiger partial charge is 0.0724 e. The molecule has 0 saturated heterocycles. The summed E-state index contributed by atoms with van der Waals surface area (Å²) < 4.78 is 4.74. The molecule has 0 spiro atoms. The van der Waals surface area contributed by atoms with Crippen LogP contribution in [0, 0.1) is 0 Å². The molecule has 0 aliphatic carbocycles. The first-order valence-electron chi connectivity index (χ1n) is 15.0. The molecule has 206 valence electrons. The Kier molecular flexibility index (Phi) is 5.50. The van der Waals surface area contributed by atoms with E-state index in [0.717, 1.165) is 16.9 Å². The van der Waals surface area contributed by atoms with Crippen LogP contribution in [0.1, 0.15) is 0 Å². The number of nitrogens with zero attached hydrogens (tertiary/aromatic N) is 3. The van der Waals surface area contributed by atoms with Crippen molar-refractivity contribution in [3.8, 4) is 33.6 Å². The highest BCUT2D eigenvalue weighted by Gasteiger charge is 2.18. The molecule has 0 aliphatic heterocycles. The van der Waals surface area contributed by atoms with Crippen LogP contribution >= 0.6 is 0 Å². The molecule has 3 heteroatoms. The fourth-order valence-electron chi connectivity index (χ4n) is 6.84. The zero-order valence-corrected chi connectivity index (χ0v) is 23.9. The Labute approximate surface area is 254 Å². The molecule has 0 N–H and O–H groups in total. The maximum atomic E-state index is 4.50. The quantitative estimate of drug-likeness (QED) is 0.210. The lowest BCUT2D eigenvalue weighted by Crippen LogP contribution is -1.95. The molecule has 3 aromatic heterocycles. The van der Waals surface area contributed by atoms with E-state index in [-0.39, 0.29) is 0 Å². The van der Waals surface area contributed by atoms with E-state index in [0.29, 0.717) is 0 Å². The number of fused-ring (bicyclic) bond motifs is 6. The highest BCUT2D eigenvalue weighted by molar-refractivity contribution is 6.15. The summed E-state index contributed by atoms with van der Waals surface area (Å²) in [5.41, 5.74) is 11.8. The van der Waals surface area contributed by atoms with E-state index in [9.17, 15) is 0 Å². The Morgan fingerprint density at radius 3 is 1.86 bits per heavy atom. The molecular weight excluding hydrogens is 534 g/mol. The Balaban J connectivity index is 1.27. The zero-order valence-electron chi connectivity index (χ0n) is 23.9. The SMILES string of the molecule is c1ccc(-c2ccc(-n3c4ccccc4c4cc(-c5cccc6c7ccncc7n(-c7ccccc7)c56)ccc43)cc2)cc1. The second kappa shape index (κ2) is 9.82. The Bertz CT molecular complexity index is 2470. The van der Waals surface area contributed by atoms with Gasteiger partial charge in [-0.2, -0.15) is 0 Å². The van der Waals surface area contributed by atoms with Gasteiger partial charge in [0, 0.05) is 44.7 Å². The summed E-state index contributed by atoms with van der Waals surface area (Å²) >= 11 is 0. The molecule has 6 aromatic carbocycles. The van der Waals surface area contributed by atoms with Gasteiger partial charge in [-0.25, -0.2) is 0 Å². The maximum Gasteiger partial charge on any atom is 0.0724 e. The van der Waals surface area contributed by atoms with Gasteiger partial charge in [0.25, 0.3) is 0 Å². The van der Waals surface area contributed by atoms with Crippen LogP contribution in [0.2, 0.25) is 0 Å². The topological polar surface area (TPSA) is 22.8 Å². The van der Waals surface area contributed by atoms with E-state index < -0.39 is 0 Å². The van der Waals surface area contributed by atoms with Gasteiger partial charge in [0.1, 0.15) is 0 Å². The van der Waals surface area contributed by atoms with Crippen molar-refractivity contribution in [2.24, 2.45) is 0 Å². The summed E-state index contributed by atoms with van der Waals surface area (Å²) in [5, 5.41) is 4.92. The van der Waals surface area contributed by atoms with Gasteiger partial charge >= 0.3 is 0 Å². The largest absolute Gasteiger partial charge is 0.309 e. The van der Waals surface area contributed by atoms with Crippen molar-refractivity contribution < 1.29 is 0 Å². The third-order valence-corrected chi connectivity index (χ3v) is 8.82. The highest BCUT2D eigenvalue weighted by Crippen LogP contribution is 2.40. The van der Waals surface area contributed by atoms with Crippen molar-refractivity contribution in [3.63, 3.8) is 0 Å². The Morgan fingerprint density at radius 2 is 1.02 bits per heavy atom. The van der Waals surface area contributed by atoms with Crippen molar-refractivity contribution in [1.82, 2.24) is 14.1 Å². The average molecular weight is 562 g/mol. The van der Waals surface area contributed by atoms with Crippen LogP contribution < -0.4 is 0 Å². The molecule has 0 aliphatic rings. The van der Waals surface area contributed by atoms with E-state index in [1.54, 1.807) is 0 Å². The summed E-state index contributed by atoms with van der Waals surface area (Å²) in [6.07, 6.45) is 3.86. The highest BCUT2D eigenvalue weighted by atomic mass is 15.0. The van der Waals surface area contributed by atoms with Crippen LogP contribution in [0.5, 0.6) is 0 Å². The molecule has 0 amide bonds. The molecule has 3 nitrogen and oxygen atoms in total. The van der Waals surface area contributed by atoms with Gasteiger partial charge in [0.05, 0.1) is 28.3 Å². The standard InChI is InChI=1S/C41H27N3/c1-3-10-28(11-4-1)29-18-21-32(22-19-29)43-38-17-8-7-14-34(38)37-26-30(20-23-39(37)43)33-15-9-16-36-35-24-25-42-27-40(35)44(41(33)36)31-12-5-2-6-13-31/h1-27H. The van der Waals surface area contributed by atoms with Gasteiger partial charge in [0.15, 0.2) is 0 Å². The first kappa shape index (κ1) is 24.6. The molecule has 3 heterocycles. The van der Waals surface area contributed by atoms with Crippen molar-refractivity contribution in [2.45, 2.75) is 0 Å². The van der Waals surface area contributed by atoms with Crippen LogP contribution in [0.3, 0.4) is 0 Å². The third-order valence-electron chi connectivity index (χ3n) is 8.82. The number of pyridine rings is 1. The minimum Gasteiger partial charge on any atom is -0.309 e. The lowest BCUT2D eigenvalue weighted by atomic mass is 10.00. The van der Waals surface area contributed by atoms with Gasteiger partial charge in [0.2, 0.25) is 0 Å². The maximum absolute atomic E-state index is 4.50. The molecule has 0 bridgehead atoms. The van der Waals surface area contributed by atoms with Gasteiger partial charge < -0.3 is 9.13 Å². The molecular formula is C41H27N3. The van der Waals surface area contributed by atoms with Crippen LogP contribution in [0.15, 0.2) is 164 Å². The normalized spacial score (nSPS) is 11.6. The van der Waals surface area contributed by atoms with Crippen LogP contribution in [-0.4, -0.2) is 14.1 Å². The van der Waals surface area contributed by atoms with Crippen molar-refractivity contribution in [3.05, 3.63) is 164 Å². The van der Waals surface area contributed by atoms with E-state index in [1.165, 1.54) is 60.3 Å². The fourth-order valence-corrected chi connectivity index (χ4v) is 6.84. The molecule has 9 aromatic rings. The number of benzene rings is 6. The van der Waals surface area contributed by atoms with Gasteiger partial charge in [-0.15, -0.1) is 0 Å². The second-order valence-electron chi connectivity index (χ2n) is 11.3. The van der Waals surface area contributed by atoms with Gasteiger partial charge in [-0.05, 0) is 65.2 Å². The van der Waals surface area contributed by atoms with E-state index in [4.69, 9.17) is 0 Å².